The molecule has 0 aliphatic carbocycles. The van der Waals surface area contributed by atoms with Crippen LogP contribution in [0.5, 0.6) is 0 Å². The van der Waals surface area contributed by atoms with Gasteiger partial charge < -0.3 is 9.73 Å². The molecule has 3 aromatic rings. The molecule has 1 aromatic heterocycles. The molecule has 0 spiro atoms. The predicted octanol–water partition coefficient (Wildman–Crippen LogP) is 4.74. The number of anilines is 1. The molecule has 0 bridgehead atoms. The van der Waals surface area contributed by atoms with Gasteiger partial charge in [-0.3, -0.25) is 4.79 Å². The number of halogens is 3. The van der Waals surface area contributed by atoms with Crippen molar-refractivity contribution in [1.29, 1.82) is 0 Å². The molecule has 170 valence electrons. The molecule has 1 amide bonds. The number of sulfonamides is 1. The highest BCUT2D eigenvalue weighted by Crippen LogP contribution is 2.31. The number of hydrogen-bond donors (Lipinski definition) is 1. The molecule has 1 heterocycles. The van der Waals surface area contributed by atoms with Crippen LogP contribution in [0, 0.1) is 13.8 Å². The Balaban J connectivity index is 1.92. The van der Waals surface area contributed by atoms with Crippen molar-refractivity contribution >= 4 is 21.6 Å². The van der Waals surface area contributed by atoms with Gasteiger partial charge in [-0.15, -0.1) is 0 Å². The second-order valence-electron chi connectivity index (χ2n) is 7.17. The molecular weight excluding hydrogens is 445 g/mol. The number of carbonyl (C=O) groups excluding carboxylic acids is 1. The largest absolute Gasteiger partial charge is 0.468 e. The van der Waals surface area contributed by atoms with Gasteiger partial charge in [0.2, 0.25) is 15.9 Å². The SMILES string of the molecule is Cc1cccc(NC(=O)CN(Cc2ccco2)S(=O)(=O)c2cccc(C(F)(F)F)c2)c1C. The average Bonchev–Trinajstić information content (AvgIpc) is 3.23. The Kier molecular flexibility index (Phi) is 6.75. The van der Waals surface area contributed by atoms with Crippen molar-refractivity contribution in [3.05, 3.63) is 83.3 Å². The van der Waals surface area contributed by atoms with Gasteiger partial charge in [0.05, 0.1) is 29.8 Å². The molecular formula is C22H21F3N2O4S. The Morgan fingerprint density at radius 3 is 2.44 bits per heavy atom. The van der Waals surface area contributed by atoms with E-state index in [0.717, 1.165) is 33.6 Å². The number of carbonyl (C=O) groups is 1. The molecule has 0 aliphatic heterocycles. The molecule has 0 unspecified atom stereocenters. The van der Waals surface area contributed by atoms with Crippen molar-refractivity contribution < 1.29 is 30.8 Å². The van der Waals surface area contributed by atoms with Crippen LogP contribution in [-0.2, 0) is 27.5 Å². The topological polar surface area (TPSA) is 79.6 Å². The van der Waals surface area contributed by atoms with Crippen molar-refractivity contribution in [3.63, 3.8) is 0 Å². The van der Waals surface area contributed by atoms with E-state index in [1.54, 1.807) is 18.2 Å². The van der Waals surface area contributed by atoms with E-state index in [1.807, 2.05) is 19.9 Å². The van der Waals surface area contributed by atoms with E-state index in [2.05, 4.69) is 5.32 Å². The van der Waals surface area contributed by atoms with E-state index in [9.17, 15) is 26.4 Å². The minimum absolute atomic E-state index is 0.236. The molecule has 6 nitrogen and oxygen atoms in total. The Morgan fingerprint density at radius 1 is 1.06 bits per heavy atom. The lowest BCUT2D eigenvalue weighted by molar-refractivity contribution is -0.137. The first-order chi connectivity index (χ1) is 15.0. The molecule has 0 atom stereocenters. The number of alkyl halides is 3. The fourth-order valence-corrected chi connectivity index (χ4v) is 4.43. The molecule has 32 heavy (non-hydrogen) atoms. The van der Waals surface area contributed by atoms with Gasteiger partial charge in [0, 0.05) is 5.69 Å². The van der Waals surface area contributed by atoms with Crippen LogP contribution in [0.2, 0.25) is 0 Å². The summed E-state index contributed by atoms with van der Waals surface area (Å²) in [6.45, 7) is 2.73. The molecule has 0 saturated heterocycles. The Hall–Kier alpha value is -3.11. The second-order valence-corrected chi connectivity index (χ2v) is 9.11. The lowest BCUT2D eigenvalue weighted by atomic mass is 10.1. The summed E-state index contributed by atoms with van der Waals surface area (Å²) in [4.78, 5) is 12.1. The van der Waals surface area contributed by atoms with E-state index in [-0.39, 0.29) is 12.3 Å². The van der Waals surface area contributed by atoms with Crippen LogP contribution in [-0.4, -0.2) is 25.2 Å². The number of nitrogens with one attached hydrogen (secondary N) is 1. The number of aryl methyl sites for hydroxylation is 1. The summed E-state index contributed by atoms with van der Waals surface area (Å²) in [6, 6.07) is 11.7. The zero-order valence-corrected chi connectivity index (χ0v) is 18.1. The summed E-state index contributed by atoms with van der Waals surface area (Å²) >= 11 is 0. The summed E-state index contributed by atoms with van der Waals surface area (Å²) in [5, 5.41) is 2.66. The molecule has 0 radical (unpaired) electrons. The van der Waals surface area contributed by atoms with Gasteiger partial charge in [-0.2, -0.15) is 17.5 Å². The third-order valence-electron chi connectivity index (χ3n) is 4.91. The van der Waals surface area contributed by atoms with Gasteiger partial charge in [0.1, 0.15) is 5.76 Å². The van der Waals surface area contributed by atoms with Gasteiger partial charge in [-0.25, -0.2) is 8.42 Å². The van der Waals surface area contributed by atoms with E-state index in [1.165, 1.54) is 12.3 Å². The highest BCUT2D eigenvalue weighted by Gasteiger charge is 2.34. The lowest BCUT2D eigenvalue weighted by Gasteiger charge is -2.22. The third-order valence-corrected chi connectivity index (χ3v) is 6.70. The first-order valence-corrected chi connectivity index (χ1v) is 11.0. The maximum Gasteiger partial charge on any atom is 0.416 e. The number of furan rings is 1. The zero-order chi connectivity index (χ0) is 23.5. The van der Waals surface area contributed by atoms with Crippen LogP contribution in [0.25, 0.3) is 0 Å². The Labute approximate surface area is 183 Å². The average molecular weight is 466 g/mol. The molecule has 3 rings (SSSR count). The van der Waals surface area contributed by atoms with Crippen LogP contribution < -0.4 is 5.32 Å². The van der Waals surface area contributed by atoms with Crippen LogP contribution in [0.4, 0.5) is 18.9 Å². The second kappa shape index (κ2) is 9.17. The highest BCUT2D eigenvalue weighted by atomic mass is 32.2. The van der Waals surface area contributed by atoms with Crippen molar-refractivity contribution in [2.45, 2.75) is 31.5 Å². The van der Waals surface area contributed by atoms with Crippen LogP contribution in [0.1, 0.15) is 22.5 Å². The van der Waals surface area contributed by atoms with Gasteiger partial charge in [-0.05, 0) is 61.4 Å². The molecule has 1 N–H and O–H groups in total. The van der Waals surface area contributed by atoms with Crippen molar-refractivity contribution in [1.82, 2.24) is 4.31 Å². The first kappa shape index (κ1) is 23.6. The monoisotopic (exact) mass is 466 g/mol. The predicted molar refractivity (Wildman–Crippen MR) is 112 cm³/mol. The summed E-state index contributed by atoms with van der Waals surface area (Å²) < 4.78 is 71.6. The molecule has 0 fully saturated rings. The minimum atomic E-state index is -4.71. The van der Waals surface area contributed by atoms with Crippen LogP contribution >= 0.6 is 0 Å². The number of rotatable bonds is 7. The van der Waals surface area contributed by atoms with Gasteiger partial charge in [0.15, 0.2) is 0 Å². The summed E-state index contributed by atoms with van der Waals surface area (Å²) in [5.74, 6) is -0.402. The summed E-state index contributed by atoms with van der Waals surface area (Å²) in [5.41, 5.74) is 1.17. The molecule has 0 saturated carbocycles. The van der Waals surface area contributed by atoms with E-state index in [0.29, 0.717) is 11.8 Å². The van der Waals surface area contributed by atoms with Crippen molar-refractivity contribution in [3.8, 4) is 0 Å². The van der Waals surface area contributed by atoms with Crippen molar-refractivity contribution in [2.75, 3.05) is 11.9 Å². The molecule has 0 aliphatic rings. The van der Waals surface area contributed by atoms with Crippen LogP contribution in [0.15, 0.2) is 70.2 Å². The van der Waals surface area contributed by atoms with E-state index < -0.39 is 39.1 Å². The highest BCUT2D eigenvalue weighted by molar-refractivity contribution is 7.89. The number of amides is 1. The first-order valence-electron chi connectivity index (χ1n) is 9.54. The fraction of sp³-hybridized carbons (Fsp3) is 0.227. The molecule has 2 aromatic carbocycles. The van der Waals surface area contributed by atoms with Crippen molar-refractivity contribution in [2.24, 2.45) is 0 Å². The van der Waals surface area contributed by atoms with Gasteiger partial charge in [-0.1, -0.05) is 18.2 Å². The zero-order valence-electron chi connectivity index (χ0n) is 17.3. The summed E-state index contributed by atoms with van der Waals surface area (Å²) in [7, 11) is -4.45. The maximum atomic E-state index is 13.2. The minimum Gasteiger partial charge on any atom is -0.468 e. The van der Waals surface area contributed by atoms with E-state index >= 15 is 0 Å². The number of nitrogens with zero attached hydrogens (tertiary/aromatic N) is 1. The fourth-order valence-electron chi connectivity index (χ4n) is 3.02. The third kappa shape index (κ3) is 5.38. The smallest absolute Gasteiger partial charge is 0.416 e. The number of hydrogen-bond acceptors (Lipinski definition) is 4. The van der Waals surface area contributed by atoms with Gasteiger partial charge in [0.25, 0.3) is 0 Å². The lowest BCUT2D eigenvalue weighted by Crippen LogP contribution is -2.37. The Bertz CT molecular complexity index is 1210. The van der Waals surface area contributed by atoms with Gasteiger partial charge >= 0.3 is 6.18 Å². The Morgan fingerprint density at radius 2 is 1.78 bits per heavy atom. The maximum absolute atomic E-state index is 13.2. The van der Waals surface area contributed by atoms with E-state index in [4.69, 9.17) is 4.42 Å². The molecule has 10 heteroatoms. The van der Waals surface area contributed by atoms with Crippen LogP contribution in [0.3, 0.4) is 0 Å². The normalized spacial score (nSPS) is 12.2. The quantitative estimate of drug-likeness (QED) is 0.545. The standard InChI is InChI=1S/C22H21F3N2O4S/c1-15-6-3-10-20(16(15)2)26-21(28)14-27(13-18-8-5-11-31-18)32(29,30)19-9-4-7-17(12-19)22(23,24)25/h3-12H,13-14H2,1-2H3,(H,26,28). The summed E-state index contributed by atoms with van der Waals surface area (Å²) in [6.07, 6.45) is -3.38. The number of benzene rings is 2.